The molecule has 0 radical (unpaired) electrons. The molecule has 1 rings (SSSR count). The number of terminal acetylenes is 1. The van der Waals surface area contributed by atoms with Gasteiger partial charge in [0.1, 0.15) is 17.7 Å². The zero-order chi connectivity index (χ0) is 25.3. The number of carbonyl (C=O) groups is 3. The third kappa shape index (κ3) is 8.80. The van der Waals surface area contributed by atoms with Crippen LogP contribution in [0.4, 0.5) is 4.79 Å². The van der Waals surface area contributed by atoms with Crippen molar-refractivity contribution >= 4 is 17.9 Å². The van der Waals surface area contributed by atoms with Crippen molar-refractivity contribution in [1.29, 1.82) is 0 Å². The highest BCUT2D eigenvalue weighted by atomic mass is 16.6. The van der Waals surface area contributed by atoms with Crippen LogP contribution in [0.5, 0.6) is 0 Å². The lowest BCUT2D eigenvalue weighted by Gasteiger charge is -2.35. The molecule has 33 heavy (non-hydrogen) atoms. The van der Waals surface area contributed by atoms with E-state index in [9.17, 15) is 14.4 Å². The first-order valence-electron chi connectivity index (χ1n) is 11.5. The maximum Gasteiger partial charge on any atom is 0.408 e. The van der Waals surface area contributed by atoms with Gasteiger partial charge >= 0.3 is 6.09 Å². The van der Waals surface area contributed by atoms with Crippen LogP contribution in [0.15, 0.2) is 24.3 Å². The van der Waals surface area contributed by atoms with Gasteiger partial charge in [-0.25, -0.2) is 4.79 Å². The minimum Gasteiger partial charge on any atom is -0.444 e. The number of nitrogens with one attached hydrogen (secondary N) is 2. The van der Waals surface area contributed by atoms with E-state index in [2.05, 4.69) is 16.6 Å². The SMILES string of the molecule is C#Cc1ccc(C(C(=O)NC(C)C)N(CCC)C(=O)C(NC(=O)OC(C)(C)C)C(C)C)cc1. The molecule has 3 amide bonds. The van der Waals surface area contributed by atoms with Crippen molar-refractivity contribution < 1.29 is 19.1 Å². The third-order valence-corrected chi connectivity index (χ3v) is 4.74. The Kier molecular flexibility index (Phi) is 10.4. The minimum absolute atomic E-state index is 0.107. The summed E-state index contributed by atoms with van der Waals surface area (Å²) in [6, 6.07) is 5.20. The van der Waals surface area contributed by atoms with Gasteiger partial charge in [0, 0.05) is 18.2 Å². The number of hydrogen-bond donors (Lipinski definition) is 2. The van der Waals surface area contributed by atoms with Crippen LogP contribution in [0.25, 0.3) is 0 Å². The van der Waals surface area contributed by atoms with E-state index in [1.165, 1.54) is 4.90 Å². The molecule has 0 bridgehead atoms. The molecule has 1 aromatic carbocycles. The topological polar surface area (TPSA) is 87.7 Å². The van der Waals surface area contributed by atoms with E-state index >= 15 is 0 Å². The molecule has 0 aliphatic rings. The first-order chi connectivity index (χ1) is 15.3. The van der Waals surface area contributed by atoms with E-state index in [0.29, 0.717) is 24.1 Å². The number of ether oxygens (including phenoxy) is 1. The third-order valence-electron chi connectivity index (χ3n) is 4.74. The number of carbonyl (C=O) groups excluding carboxylic acids is 3. The summed E-state index contributed by atoms with van der Waals surface area (Å²) in [4.78, 5) is 41.0. The van der Waals surface area contributed by atoms with Crippen molar-refractivity contribution in [2.75, 3.05) is 6.54 Å². The Balaban J connectivity index is 3.40. The van der Waals surface area contributed by atoms with Crippen LogP contribution in [0.3, 0.4) is 0 Å². The Bertz CT molecular complexity index is 848. The summed E-state index contributed by atoms with van der Waals surface area (Å²) in [6.07, 6.45) is 5.44. The Morgan fingerprint density at radius 1 is 1.06 bits per heavy atom. The van der Waals surface area contributed by atoms with Gasteiger partial charge in [-0.05, 0) is 64.7 Å². The lowest BCUT2D eigenvalue weighted by atomic mass is 9.98. The molecule has 0 fully saturated rings. The molecule has 0 saturated heterocycles. The normalized spacial score (nSPS) is 13.1. The highest BCUT2D eigenvalue weighted by Gasteiger charge is 2.37. The fourth-order valence-corrected chi connectivity index (χ4v) is 3.33. The summed E-state index contributed by atoms with van der Waals surface area (Å²) in [5, 5.41) is 5.62. The number of rotatable bonds is 9. The quantitative estimate of drug-likeness (QED) is 0.548. The molecule has 182 valence electrons. The Hall–Kier alpha value is -3.01. The number of benzene rings is 1. The second-order valence-corrected chi connectivity index (χ2v) is 9.73. The molecular formula is C26H39N3O4. The van der Waals surface area contributed by atoms with Crippen molar-refractivity contribution in [1.82, 2.24) is 15.5 Å². The molecule has 0 aliphatic carbocycles. The molecule has 0 heterocycles. The van der Waals surface area contributed by atoms with E-state index in [4.69, 9.17) is 11.2 Å². The van der Waals surface area contributed by atoms with Gasteiger partial charge in [0.15, 0.2) is 0 Å². The molecule has 2 atom stereocenters. The van der Waals surface area contributed by atoms with Crippen LogP contribution in [0.2, 0.25) is 0 Å². The minimum atomic E-state index is -0.867. The van der Waals surface area contributed by atoms with Crippen molar-refractivity contribution in [3.8, 4) is 12.3 Å². The molecular weight excluding hydrogens is 418 g/mol. The van der Waals surface area contributed by atoms with Crippen molar-refractivity contribution in [3.63, 3.8) is 0 Å². The van der Waals surface area contributed by atoms with Crippen molar-refractivity contribution in [2.24, 2.45) is 5.92 Å². The number of hydrogen-bond acceptors (Lipinski definition) is 4. The summed E-state index contributed by atoms with van der Waals surface area (Å²) in [7, 11) is 0. The summed E-state index contributed by atoms with van der Waals surface area (Å²) >= 11 is 0. The van der Waals surface area contributed by atoms with E-state index in [0.717, 1.165) is 0 Å². The number of alkyl carbamates (subject to hydrolysis) is 1. The van der Waals surface area contributed by atoms with Gasteiger partial charge in [0.2, 0.25) is 11.8 Å². The van der Waals surface area contributed by atoms with Crippen LogP contribution in [-0.2, 0) is 14.3 Å². The summed E-state index contributed by atoms with van der Waals surface area (Å²) in [5.74, 6) is 1.71. The molecule has 0 spiro atoms. The van der Waals surface area contributed by atoms with Gasteiger partial charge in [-0.15, -0.1) is 6.42 Å². The molecule has 7 heteroatoms. The average molecular weight is 458 g/mol. The standard InChI is InChI=1S/C26H39N3O4/c1-10-16-29(24(31)21(17(3)4)28-25(32)33-26(7,8)9)22(23(30)27-18(5)6)20-14-12-19(11-2)13-15-20/h2,12-15,17-18,21-22H,10,16H2,1,3-9H3,(H,27,30)(H,28,32). The maximum absolute atomic E-state index is 13.7. The fraction of sp³-hybridized carbons (Fsp3) is 0.577. The molecule has 0 aromatic heterocycles. The molecule has 0 saturated carbocycles. The van der Waals surface area contributed by atoms with Crippen molar-refractivity contribution in [2.45, 2.75) is 85.5 Å². The summed E-state index contributed by atoms with van der Waals surface area (Å²) in [5.41, 5.74) is 0.631. The van der Waals surface area contributed by atoms with E-state index in [1.807, 2.05) is 34.6 Å². The summed E-state index contributed by atoms with van der Waals surface area (Å²) < 4.78 is 5.36. The lowest BCUT2D eigenvalue weighted by Crippen LogP contribution is -2.55. The zero-order valence-electron chi connectivity index (χ0n) is 21.2. The van der Waals surface area contributed by atoms with Gasteiger partial charge in [-0.2, -0.15) is 0 Å². The predicted octanol–water partition coefficient (Wildman–Crippen LogP) is 4.02. The largest absolute Gasteiger partial charge is 0.444 e. The van der Waals surface area contributed by atoms with E-state index in [-0.39, 0.29) is 23.8 Å². The molecule has 0 aliphatic heterocycles. The van der Waals surface area contributed by atoms with Gasteiger partial charge in [0.05, 0.1) is 0 Å². The van der Waals surface area contributed by atoms with Gasteiger partial charge in [-0.3, -0.25) is 9.59 Å². The predicted molar refractivity (Wildman–Crippen MR) is 130 cm³/mol. The van der Waals surface area contributed by atoms with E-state index < -0.39 is 23.8 Å². The second kappa shape index (κ2) is 12.3. The smallest absolute Gasteiger partial charge is 0.408 e. The van der Waals surface area contributed by atoms with Crippen LogP contribution in [0.1, 0.15) is 79.0 Å². The highest BCUT2D eigenvalue weighted by Crippen LogP contribution is 2.25. The highest BCUT2D eigenvalue weighted by molar-refractivity contribution is 5.92. The van der Waals surface area contributed by atoms with Crippen LogP contribution in [0, 0.1) is 18.3 Å². The van der Waals surface area contributed by atoms with Crippen molar-refractivity contribution in [3.05, 3.63) is 35.4 Å². The van der Waals surface area contributed by atoms with Crippen LogP contribution in [-0.4, -0.2) is 47.0 Å². The maximum atomic E-state index is 13.7. The number of amides is 3. The Morgan fingerprint density at radius 2 is 1.64 bits per heavy atom. The Morgan fingerprint density at radius 3 is 2.06 bits per heavy atom. The van der Waals surface area contributed by atoms with Gasteiger partial charge in [-0.1, -0.05) is 38.8 Å². The summed E-state index contributed by atoms with van der Waals surface area (Å²) in [6.45, 7) is 15.0. The monoisotopic (exact) mass is 457 g/mol. The molecule has 1 aromatic rings. The van der Waals surface area contributed by atoms with Gasteiger partial charge in [0.25, 0.3) is 0 Å². The fourth-order valence-electron chi connectivity index (χ4n) is 3.33. The van der Waals surface area contributed by atoms with Crippen LogP contribution < -0.4 is 10.6 Å². The average Bonchev–Trinajstić information content (AvgIpc) is 2.69. The molecule has 2 unspecified atom stereocenters. The first-order valence-corrected chi connectivity index (χ1v) is 11.5. The first kappa shape index (κ1) is 28.0. The molecule has 2 N–H and O–H groups in total. The second-order valence-electron chi connectivity index (χ2n) is 9.73. The van der Waals surface area contributed by atoms with E-state index in [1.54, 1.807) is 45.0 Å². The lowest BCUT2D eigenvalue weighted by molar-refractivity contribution is -0.143. The van der Waals surface area contributed by atoms with Gasteiger partial charge < -0.3 is 20.3 Å². The van der Waals surface area contributed by atoms with Crippen LogP contribution >= 0.6 is 0 Å². The Labute approximate surface area is 198 Å². The number of nitrogens with zero attached hydrogens (tertiary/aromatic N) is 1. The molecule has 7 nitrogen and oxygen atoms in total. The zero-order valence-corrected chi connectivity index (χ0v) is 21.2.